The number of rotatable bonds is 6. The Morgan fingerprint density at radius 3 is 2.69 bits per heavy atom. The Balaban J connectivity index is 1.50. The third kappa shape index (κ3) is 4.78. The van der Waals surface area contributed by atoms with Crippen molar-refractivity contribution >= 4 is 21.4 Å². The molecule has 138 valence electrons. The summed E-state index contributed by atoms with van der Waals surface area (Å²) in [5, 5.41) is 5.83. The molecule has 2 N–H and O–H groups in total. The summed E-state index contributed by atoms with van der Waals surface area (Å²) >= 11 is 0. The normalized spacial score (nSPS) is 18.4. The number of sulfone groups is 1. The van der Waals surface area contributed by atoms with Crippen LogP contribution >= 0.6 is 0 Å². The smallest absolute Gasteiger partial charge is 0.269 e. The highest BCUT2D eigenvalue weighted by atomic mass is 32.2. The predicted octanol–water partition coefficient (Wildman–Crippen LogP) is 1.79. The van der Waals surface area contributed by atoms with Crippen LogP contribution in [-0.4, -0.2) is 43.4 Å². The van der Waals surface area contributed by atoms with E-state index in [0.717, 1.165) is 0 Å². The van der Waals surface area contributed by atoms with Crippen LogP contribution < -0.4 is 10.6 Å². The Hall–Kier alpha value is -2.48. The molecule has 1 aliphatic heterocycles. The number of anilines is 1. The molecule has 8 heteroatoms. The molecule has 1 aromatic heterocycles. The lowest BCUT2D eigenvalue weighted by Crippen LogP contribution is -2.27. The summed E-state index contributed by atoms with van der Waals surface area (Å²) in [6, 6.07) is 9.60. The Morgan fingerprint density at radius 2 is 2.04 bits per heavy atom. The standard InChI is InChI=1S/C18H20FN3O3S/c19-16-4-2-1-3-13(16)7-9-20-18(23)17-6-5-14(11-21-17)22-15-8-10-26(24,25)12-15/h1-6,11,15,22H,7-10,12H2,(H,20,23). The fourth-order valence-corrected chi connectivity index (χ4v) is 4.53. The van der Waals surface area contributed by atoms with Crippen molar-refractivity contribution in [1.82, 2.24) is 10.3 Å². The molecule has 1 amide bonds. The zero-order chi connectivity index (χ0) is 18.6. The number of hydrogen-bond donors (Lipinski definition) is 2. The van der Waals surface area contributed by atoms with E-state index in [9.17, 15) is 17.6 Å². The minimum atomic E-state index is -2.95. The first-order valence-electron chi connectivity index (χ1n) is 8.37. The average Bonchev–Trinajstić information content (AvgIpc) is 2.95. The Bertz CT molecular complexity index is 885. The van der Waals surface area contributed by atoms with Gasteiger partial charge in [-0.25, -0.2) is 17.8 Å². The second-order valence-electron chi connectivity index (χ2n) is 6.27. The molecule has 1 unspecified atom stereocenters. The molecule has 1 atom stereocenters. The van der Waals surface area contributed by atoms with Crippen LogP contribution in [0.3, 0.4) is 0 Å². The molecule has 1 fully saturated rings. The van der Waals surface area contributed by atoms with E-state index < -0.39 is 9.84 Å². The first-order valence-corrected chi connectivity index (χ1v) is 10.2. The van der Waals surface area contributed by atoms with Crippen LogP contribution in [0.5, 0.6) is 0 Å². The second-order valence-corrected chi connectivity index (χ2v) is 8.50. The van der Waals surface area contributed by atoms with E-state index in [1.165, 1.54) is 12.3 Å². The van der Waals surface area contributed by atoms with E-state index >= 15 is 0 Å². The highest BCUT2D eigenvalue weighted by Crippen LogP contribution is 2.17. The predicted molar refractivity (Wildman–Crippen MR) is 97.4 cm³/mol. The van der Waals surface area contributed by atoms with Crippen LogP contribution in [0.15, 0.2) is 42.6 Å². The number of pyridine rings is 1. The molecule has 1 saturated heterocycles. The zero-order valence-electron chi connectivity index (χ0n) is 14.1. The van der Waals surface area contributed by atoms with Gasteiger partial charge >= 0.3 is 0 Å². The van der Waals surface area contributed by atoms with Crippen molar-refractivity contribution in [3.63, 3.8) is 0 Å². The van der Waals surface area contributed by atoms with Gasteiger partial charge in [-0.2, -0.15) is 0 Å². The molecule has 0 aliphatic carbocycles. The SMILES string of the molecule is O=C(NCCc1ccccc1F)c1ccc(NC2CCS(=O)(=O)C2)cn1. The highest BCUT2D eigenvalue weighted by Gasteiger charge is 2.27. The number of aromatic nitrogens is 1. The minimum Gasteiger partial charge on any atom is -0.380 e. The van der Waals surface area contributed by atoms with Crippen LogP contribution in [0.4, 0.5) is 10.1 Å². The van der Waals surface area contributed by atoms with E-state index in [2.05, 4.69) is 15.6 Å². The van der Waals surface area contributed by atoms with Gasteiger partial charge in [0.1, 0.15) is 11.5 Å². The van der Waals surface area contributed by atoms with Gasteiger partial charge in [0.25, 0.3) is 5.91 Å². The number of halogens is 1. The van der Waals surface area contributed by atoms with E-state index in [1.807, 2.05) is 0 Å². The molecule has 26 heavy (non-hydrogen) atoms. The van der Waals surface area contributed by atoms with E-state index in [4.69, 9.17) is 0 Å². The van der Waals surface area contributed by atoms with Gasteiger partial charge < -0.3 is 10.6 Å². The van der Waals surface area contributed by atoms with E-state index in [-0.39, 0.29) is 35.0 Å². The molecule has 0 spiro atoms. The Morgan fingerprint density at radius 1 is 1.23 bits per heavy atom. The first-order chi connectivity index (χ1) is 12.4. The molecule has 1 aromatic carbocycles. The highest BCUT2D eigenvalue weighted by molar-refractivity contribution is 7.91. The Kier molecular flexibility index (Phi) is 5.51. The van der Waals surface area contributed by atoms with Gasteiger partial charge in [-0.15, -0.1) is 0 Å². The lowest BCUT2D eigenvalue weighted by molar-refractivity contribution is 0.0949. The van der Waals surface area contributed by atoms with Crippen molar-refractivity contribution in [2.24, 2.45) is 0 Å². The van der Waals surface area contributed by atoms with Gasteiger partial charge in [0, 0.05) is 12.6 Å². The van der Waals surface area contributed by atoms with Crippen LogP contribution in [-0.2, 0) is 16.3 Å². The monoisotopic (exact) mass is 377 g/mol. The summed E-state index contributed by atoms with van der Waals surface area (Å²) in [6.07, 6.45) is 2.48. The largest absolute Gasteiger partial charge is 0.380 e. The zero-order valence-corrected chi connectivity index (χ0v) is 14.9. The maximum absolute atomic E-state index is 13.5. The van der Waals surface area contributed by atoms with Crippen molar-refractivity contribution in [2.75, 3.05) is 23.4 Å². The molecular weight excluding hydrogens is 357 g/mol. The van der Waals surface area contributed by atoms with Gasteiger partial charge in [0.2, 0.25) is 0 Å². The van der Waals surface area contributed by atoms with Crippen LogP contribution in [0.25, 0.3) is 0 Å². The van der Waals surface area contributed by atoms with Crippen molar-refractivity contribution < 1.29 is 17.6 Å². The maximum atomic E-state index is 13.5. The number of amides is 1. The Labute approximate surface area is 151 Å². The van der Waals surface area contributed by atoms with Gasteiger partial charge in [-0.05, 0) is 36.6 Å². The molecule has 0 radical (unpaired) electrons. The quantitative estimate of drug-likeness (QED) is 0.801. The van der Waals surface area contributed by atoms with Crippen molar-refractivity contribution in [2.45, 2.75) is 18.9 Å². The number of benzene rings is 1. The molecule has 3 rings (SSSR count). The molecule has 2 heterocycles. The van der Waals surface area contributed by atoms with E-state index in [0.29, 0.717) is 30.6 Å². The third-order valence-corrected chi connectivity index (χ3v) is 6.01. The van der Waals surface area contributed by atoms with Crippen LogP contribution in [0.1, 0.15) is 22.5 Å². The average molecular weight is 377 g/mol. The summed E-state index contributed by atoms with van der Waals surface area (Å²) in [5.74, 6) is -0.313. The molecule has 6 nitrogen and oxygen atoms in total. The third-order valence-electron chi connectivity index (χ3n) is 4.24. The first kappa shape index (κ1) is 18.3. The summed E-state index contributed by atoms with van der Waals surface area (Å²) in [7, 11) is -2.95. The summed E-state index contributed by atoms with van der Waals surface area (Å²) in [6.45, 7) is 0.307. The number of nitrogens with one attached hydrogen (secondary N) is 2. The van der Waals surface area contributed by atoms with Crippen LogP contribution in [0, 0.1) is 5.82 Å². The van der Waals surface area contributed by atoms with Crippen LogP contribution in [0.2, 0.25) is 0 Å². The molecule has 0 bridgehead atoms. The van der Waals surface area contributed by atoms with Gasteiger partial charge in [-0.3, -0.25) is 4.79 Å². The topological polar surface area (TPSA) is 88.2 Å². The lowest BCUT2D eigenvalue weighted by atomic mass is 10.1. The van der Waals surface area contributed by atoms with E-state index in [1.54, 1.807) is 30.3 Å². The van der Waals surface area contributed by atoms with Gasteiger partial charge in [0.15, 0.2) is 9.84 Å². The fourth-order valence-electron chi connectivity index (χ4n) is 2.86. The van der Waals surface area contributed by atoms with Gasteiger partial charge in [-0.1, -0.05) is 18.2 Å². The summed E-state index contributed by atoms with van der Waals surface area (Å²) < 4.78 is 36.5. The maximum Gasteiger partial charge on any atom is 0.269 e. The minimum absolute atomic E-state index is 0.116. The van der Waals surface area contributed by atoms with Crippen molar-refractivity contribution in [3.8, 4) is 0 Å². The fraction of sp³-hybridized carbons (Fsp3) is 0.333. The molecule has 2 aromatic rings. The number of carbonyl (C=O) groups is 1. The number of hydrogen-bond acceptors (Lipinski definition) is 5. The van der Waals surface area contributed by atoms with Crippen molar-refractivity contribution in [3.05, 3.63) is 59.7 Å². The van der Waals surface area contributed by atoms with Crippen molar-refractivity contribution in [1.29, 1.82) is 0 Å². The number of carbonyl (C=O) groups excluding carboxylic acids is 1. The second kappa shape index (κ2) is 7.82. The lowest BCUT2D eigenvalue weighted by Gasteiger charge is -2.12. The molecule has 1 aliphatic rings. The molecular formula is C18H20FN3O3S. The number of nitrogens with zero attached hydrogens (tertiary/aromatic N) is 1. The van der Waals surface area contributed by atoms with Gasteiger partial charge in [0.05, 0.1) is 23.4 Å². The summed E-state index contributed by atoms with van der Waals surface area (Å²) in [4.78, 5) is 16.2. The summed E-state index contributed by atoms with van der Waals surface area (Å²) in [5.41, 5.74) is 1.48. The molecule has 0 saturated carbocycles.